The minimum atomic E-state index is -3.08. The fraction of sp³-hybridized carbons (Fsp3) is 0.355. The number of nitro benzene ring substituents is 1. The van der Waals surface area contributed by atoms with Gasteiger partial charge in [0.1, 0.15) is 0 Å². The highest BCUT2D eigenvalue weighted by Gasteiger charge is 2.67. The highest BCUT2D eigenvalue weighted by atomic mass is 28.4. The van der Waals surface area contributed by atoms with Crippen molar-refractivity contribution < 1.29 is 29.2 Å². The van der Waals surface area contributed by atoms with Crippen molar-refractivity contribution in [2.75, 3.05) is 18.1 Å². The number of aliphatic hydroxyl groups excluding tert-OH is 1. The largest absolute Gasteiger partial charge is 0.432 e. The summed E-state index contributed by atoms with van der Waals surface area (Å²) in [5.41, 5.74) is -0.0535. The lowest BCUT2D eigenvalue weighted by molar-refractivity contribution is -0.385. The molecule has 0 unspecified atom stereocenters. The van der Waals surface area contributed by atoms with Gasteiger partial charge in [-0.15, -0.1) is 0 Å². The van der Waals surface area contributed by atoms with Gasteiger partial charge in [0.05, 0.1) is 29.7 Å². The molecule has 42 heavy (non-hydrogen) atoms. The lowest BCUT2D eigenvalue weighted by atomic mass is 9.82. The predicted molar refractivity (Wildman–Crippen MR) is 159 cm³/mol. The van der Waals surface area contributed by atoms with Crippen LogP contribution in [0.4, 0.5) is 17.1 Å². The average molecular weight is 590 g/mol. The number of non-ortho nitro benzene ring substituents is 1. The van der Waals surface area contributed by atoms with Gasteiger partial charge in [-0.3, -0.25) is 24.6 Å². The lowest BCUT2D eigenvalue weighted by Gasteiger charge is -2.32. The summed E-state index contributed by atoms with van der Waals surface area (Å²) in [6.07, 6.45) is -0.952. The average Bonchev–Trinajstić information content (AvgIpc) is 3.39. The summed E-state index contributed by atoms with van der Waals surface area (Å²) in [5.74, 6) is -1.29. The fourth-order valence-electron chi connectivity index (χ4n) is 6.66. The number of para-hydroxylation sites is 1. The van der Waals surface area contributed by atoms with Crippen LogP contribution in [0.3, 0.4) is 0 Å². The van der Waals surface area contributed by atoms with Gasteiger partial charge >= 0.3 is 0 Å². The van der Waals surface area contributed by atoms with E-state index in [-0.39, 0.29) is 37.7 Å². The number of hydrogen-bond acceptors (Lipinski definition) is 7. The van der Waals surface area contributed by atoms with Crippen LogP contribution in [-0.2, 0) is 26.5 Å². The maximum Gasteiger partial charge on any atom is 0.269 e. The Balaban J connectivity index is 1.57. The molecule has 3 aromatic rings. The van der Waals surface area contributed by atoms with Crippen LogP contribution in [0.25, 0.3) is 0 Å². The molecule has 3 aromatic carbocycles. The van der Waals surface area contributed by atoms with Crippen molar-refractivity contribution in [2.24, 2.45) is 5.92 Å². The maximum absolute atomic E-state index is 14.5. The van der Waals surface area contributed by atoms with Crippen molar-refractivity contribution in [1.82, 2.24) is 4.90 Å². The van der Waals surface area contributed by atoms with E-state index in [2.05, 4.69) is 0 Å². The monoisotopic (exact) mass is 589 g/mol. The molecule has 2 aliphatic heterocycles. The molecule has 2 amide bonds. The highest BCUT2D eigenvalue weighted by Crippen LogP contribution is 2.61. The van der Waals surface area contributed by atoms with Gasteiger partial charge in [-0.1, -0.05) is 55.5 Å². The van der Waals surface area contributed by atoms with Crippen LogP contribution in [0.5, 0.6) is 0 Å². The number of fused-ring (bicyclic) bond motifs is 2. The molecule has 1 saturated heterocycles. The van der Waals surface area contributed by atoms with Crippen LogP contribution >= 0.6 is 0 Å². The van der Waals surface area contributed by atoms with Gasteiger partial charge in [0.2, 0.25) is 5.91 Å². The first-order valence-electron chi connectivity index (χ1n) is 14.0. The first-order chi connectivity index (χ1) is 20.0. The first-order valence-corrected chi connectivity index (χ1v) is 17.0. The molecule has 5 rings (SSSR count). The number of carbonyl (C=O) groups is 2. The molecule has 1 fully saturated rings. The highest BCUT2D eigenvalue weighted by molar-refractivity contribution is 6.71. The van der Waals surface area contributed by atoms with Crippen LogP contribution in [0.2, 0.25) is 18.6 Å². The SMILES string of the molecule is C[C@@H]1[C@@H]([Si](C)(C)O)[C@H](CC(=O)N(CCO)Cc2ccccc2)O[C@@]12C(=O)N(c1ccccc1)c1ccc([N+](=O)[O-])cc12. The molecule has 0 radical (unpaired) electrons. The van der Waals surface area contributed by atoms with E-state index in [9.17, 15) is 29.6 Å². The normalized spacial score (nSPS) is 23.3. The first kappa shape index (κ1) is 29.6. The molecule has 0 saturated carbocycles. The number of amides is 2. The van der Waals surface area contributed by atoms with Crippen molar-refractivity contribution in [2.45, 2.75) is 50.2 Å². The van der Waals surface area contributed by atoms with Crippen LogP contribution in [0, 0.1) is 16.0 Å². The molecule has 0 aromatic heterocycles. The molecule has 4 atom stereocenters. The minimum Gasteiger partial charge on any atom is -0.432 e. The number of aliphatic hydroxyl groups is 1. The third-order valence-electron chi connectivity index (χ3n) is 8.42. The zero-order valence-electron chi connectivity index (χ0n) is 23.8. The molecular formula is C31H35N3O7Si. The molecule has 1 spiro atoms. The van der Waals surface area contributed by atoms with Gasteiger partial charge in [-0.25, -0.2) is 0 Å². The molecule has 2 heterocycles. The minimum absolute atomic E-state index is 0.113. The fourth-order valence-corrected chi connectivity index (χ4v) is 9.21. The maximum atomic E-state index is 14.5. The number of ether oxygens (including phenoxy) is 1. The van der Waals surface area contributed by atoms with E-state index in [1.54, 1.807) is 48.3 Å². The van der Waals surface area contributed by atoms with Gasteiger partial charge in [-0.2, -0.15) is 0 Å². The molecule has 220 valence electrons. The molecule has 0 bridgehead atoms. The summed E-state index contributed by atoms with van der Waals surface area (Å²) in [5, 5.41) is 21.5. The Morgan fingerprint density at radius 3 is 2.33 bits per heavy atom. The van der Waals surface area contributed by atoms with Gasteiger partial charge in [0, 0.05) is 47.9 Å². The number of carbonyl (C=O) groups excluding carboxylic acids is 2. The van der Waals surface area contributed by atoms with Crippen molar-refractivity contribution in [3.8, 4) is 0 Å². The Labute approximate surface area is 245 Å². The molecule has 10 nitrogen and oxygen atoms in total. The van der Waals surface area contributed by atoms with Crippen molar-refractivity contribution >= 4 is 37.2 Å². The van der Waals surface area contributed by atoms with E-state index in [0.717, 1.165) is 5.56 Å². The van der Waals surface area contributed by atoms with Crippen molar-refractivity contribution in [1.29, 1.82) is 0 Å². The predicted octanol–water partition coefficient (Wildman–Crippen LogP) is 4.48. The Bertz CT molecular complexity index is 1480. The molecule has 2 aliphatic rings. The summed E-state index contributed by atoms with van der Waals surface area (Å²) >= 11 is 0. The van der Waals surface area contributed by atoms with E-state index >= 15 is 0 Å². The molecule has 0 aliphatic carbocycles. The summed E-state index contributed by atoms with van der Waals surface area (Å²) in [7, 11) is -3.08. The van der Waals surface area contributed by atoms with Gasteiger partial charge in [0.25, 0.3) is 11.6 Å². The molecule has 11 heteroatoms. The van der Waals surface area contributed by atoms with E-state index in [1.807, 2.05) is 43.3 Å². The van der Waals surface area contributed by atoms with Gasteiger partial charge in [0.15, 0.2) is 13.9 Å². The van der Waals surface area contributed by atoms with E-state index in [1.165, 1.54) is 17.0 Å². The third-order valence-corrected chi connectivity index (χ3v) is 10.9. The van der Waals surface area contributed by atoms with Gasteiger partial charge in [-0.05, 0) is 36.9 Å². The lowest BCUT2D eigenvalue weighted by Crippen LogP contribution is -2.45. The summed E-state index contributed by atoms with van der Waals surface area (Å²) in [4.78, 5) is 54.1. The number of anilines is 2. The van der Waals surface area contributed by atoms with Crippen LogP contribution in [0.15, 0.2) is 78.9 Å². The standard InChI is InChI=1S/C31H35N3O7Si/c1-21-29(42(2,3)40)27(19-28(36)32(16-17-35)20-22-10-6-4-7-11-22)41-31(21)25-18-24(34(38)39)14-15-26(25)33(30(31)37)23-12-8-5-9-13-23/h4-15,18,21,27,29,35,40H,16-17,19-20H2,1-3H3/t21-,27+,29-,31+/m1/s1. The van der Waals surface area contributed by atoms with Crippen LogP contribution in [-0.4, -0.2) is 59.1 Å². The zero-order valence-corrected chi connectivity index (χ0v) is 24.8. The van der Waals surface area contributed by atoms with Crippen molar-refractivity contribution in [3.63, 3.8) is 0 Å². The third kappa shape index (κ3) is 5.13. The zero-order chi connectivity index (χ0) is 30.2. The smallest absolute Gasteiger partial charge is 0.269 e. The topological polar surface area (TPSA) is 133 Å². The number of rotatable bonds is 9. The second-order valence-electron chi connectivity index (χ2n) is 11.5. The number of nitrogens with zero attached hydrogens (tertiary/aromatic N) is 3. The second-order valence-corrected chi connectivity index (χ2v) is 15.5. The Hall–Kier alpha value is -3.90. The second kappa shape index (κ2) is 11.4. The van der Waals surface area contributed by atoms with E-state index in [0.29, 0.717) is 16.9 Å². The number of benzene rings is 3. The quantitative estimate of drug-likeness (QED) is 0.214. The Kier molecular flexibility index (Phi) is 8.03. The van der Waals surface area contributed by atoms with Crippen molar-refractivity contribution in [3.05, 3.63) is 100 Å². The Morgan fingerprint density at radius 2 is 1.74 bits per heavy atom. The summed E-state index contributed by atoms with van der Waals surface area (Å²) in [6.45, 7) is 5.51. The summed E-state index contributed by atoms with van der Waals surface area (Å²) in [6, 6.07) is 22.7. The molecular weight excluding hydrogens is 554 g/mol. The number of hydrogen-bond donors (Lipinski definition) is 2. The van der Waals surface area contributed by atoms with Crippen LogP contribution < -0.4 is 4.90 Å². The van der Waals surface area contributed by atoms with Crippen LogP contribution in [0.1, 0.15) is 24.5 Å². The number of nitro groups is 1. The van der Waals surface area contributed by atoms with E-state index < -0.39 is 42.3 Å². The van der Waals surface area contributed by atoms with E-state index in [4.69, 9.17) is 4.74 Å². The van der Waals surface area contributed by atoms with Gasteiger partial charge < -0.3 is 19.5 Å². The molecule has 2 N–H and O–H groups in total. The summed E-state index contributed by atoms with van der Waals surface area (Å²) < 4.78 is 6.69. The Morgan fingerprint density at radius 1 is 1.10 bits per heavy atom.